The fourth-order valence-corrected chi connectivity index (χ4v) is 2.21. The molecule has 2 nitrogen and oxygen atoms in total. The SMILES string of the molecule is COCC1(OC)CCCCC1C. The zero-order valence-electron chi connectivity index (χ0n) is 8.43. The highest BCUT2D eigenvalue weighted by Gasteiger charge is 2.38. The van der Waals surface area contributed by atoms with E-state index >= 15 is 0 Å². The first kappa shape index (κ1) is 10.0. The highest BCUT2D eigenvalue weighted by atomic mass is 16.5. The highest BCUT2D eigenvalue weighted by molar-refractivity contribution is 4.89. The summed E-state index contributed by atoms with van der Waals surface area (Å²) in [4.78, 5) is 0. The largest absolute Gasteiger partial charge is 0.382 e. The normalized spacial score (nSPS) is 36.8. The lowest BCUT2D eigenvalue weighted by Crippen LogP contribution is -2.45. The van der Waals surface area contributed by atoms with Gasteiger partial charge in [0.15, 0.2) is 0 Å². The Morgan fingerprint density at radius 2 is 2.08 bits per heavy atom. The quantitative estimate of drug-likeness (QED) is 0.650. The minimum Gasteiger partial charge on any atom is -0.382 e. The number of ether oxygens (including phenoxy) is 2. The van der Waals surface area contributed by atoms with E-state index in [9.17, 15) is 0 Å². The molecule has 0 saturated heterocycles. The topological polar surface area (TPSA) is 18.5 Å². The second-order valence-corrected chi connectivity index (χ2v) is 3.85. The summed E-state index contributed by atoms with van der Waals surface area (Å²) in [5.74, 6) is 0.635. The van der Waals surface area contributed by atoms with Crippen LogP contribution in [0.2, 0.25) is 0 Å². The summed E-state index contributed by atoms with van der Waals surface area (Å²) < 4.78 is 10.8. The smallest absolute Gasteiger partial charge is 0.0936 e. The van der Waals surface area contributed by atoms with Gasteiger partial charge in [-0.15, -0.1) is 0 Å². The Morgan fingerprint density at radius 3 is 2.58 bits per heavy atom. The number of rotatable bonds is 3. The third-order valence-corrected chi connectivity index (χ3v) is 3.18. The Bertz CT molecular complexity index is 132. The van der Waals surface area contributed by atoms with Crippen molar-refractivity contribution in [1.82, 2.24) is 0 Å². The summed E-state index contributed by atoms with van der Waals surface area (Å²) >= 11 is 0. The van der Waals surface area contributed by atoms with E-state index in [1.807, 2.05) is 0 Å². The standard InChI is InChI=1S/C10H20O2/c1-9-6-4-5-7-10(9,12-3)8-11-2/h9H,4-8H2,1-3H3. The van der Waals surface area contributed by atoms with Crippen LogP contribution in [0.15, 0.2) is 0 Å². The summed E-state index contributed by atoms with van der Waals surface area (Å²) in [7, 11) is 3.56. The van der Waals surface area contributed by atoms with E-state index in [1.54, 1.807) is 14.2 Å². The van der Waals surface area contributed by atoms with Crippen molar-refractivity contribution in [2.24, 2.45) is 5.92 Å². The molecule has 0 radical (unpaired) electrons. The van der Waals surface area contributed by atoms with Gasteiger partial charge in [0, 0.05) is 14.2 Å². The van der Waals surface area contributed by atoms with E-state index < -0.39 is 0 Å². The predicted molar refractivity (Wildman–Crippen MR) is 49.2 cm³/mol. The summed E-state index contributed by atoms with van der Waals surface area (Å²) in [6.07, 6.45) is 5.05. The Morgan fingerprint density at radius 1 is 1.33 bits per heavy atom. The summed E-state index contributed by atoms with van der Waals surface area (Å²) in [5.41, 5.74) is 0.00694. The van der Waals surface area contributed by atoms with Crippen LogP contribution in [-0.2, 0) is 9.47 Å². The van der Waals surface area contributed by atoms with Gasteiger partial charge in [-0.1, -0.05) is 19.8 Å². The van der Waals surface area contributed by atoms with Crippen molar-refractivity contribution in [3.05, 3.63) is 0 Å². The van der Waals surface area contributed by atoms with Gasteiger partial charge in [-0.05, 0) is 18.8 Å². The van der Waals surface area contributed by atoms with Crippen molar-refractivity contribution in [2.75, 3.05) is 20.8 Å². The Labute approximate surface area is 75.2 Å². The van der Waals surface area contributed by atoms with Crippen LogP contribution in [0.4, 0.5) is 0 Å². The lowest BCUT2D eigenvalue weighted by molar-refractivity contribution is -0.117. The van der Waals surface area contributed by atoms with Crippen LogP contribution in [0.5, 0.6) is 0 Å². The van der Waals surface area contributed by atoms with Gasteiger partial charge in [-0.3, -0.25) is 0 Å². The average Bonchev–Trinajstić information content (AvgIpc) is 2.10. The molecule has 0 amide bonds. The van der Waals surface area contributed by atoms with E-state index in [-0.39, 0.29) is 5.60 Å². The molecule has 2 atom stereocenters. The van der Waals surface area contributed by atoms with E-state index in [4.69, 9.17) is 9.47 Å². The van der Waals surface area contributed by atoms with Crippen molar-refractivity contribution in [1.29, 1.82) is 0 Å². The number of hydrogen-bond donors (Lipinski definition) is 0. The van der Waals surface area contributed by atoms with Crippen molar-refractivity contribution in [3.63, 3.8) is 0 Å². The van der Waals surface area contributed by atoms with Crippen molar-refractivity contribution in [2.45, 2.75) is 38.2 Å². The number of hydrogen-bond acceptors (Lipinski definition) is 2. The van der Waals surface area contributed by atoms with Crippen LogP contribution < -0.4 is 0 Å². The zero-order chi connectivity index (χ0) is 9.03. The molecule has 0 aromatic carbocycles. The van der Waals surface area contributed by atoms with E-state index in [0.29, 0.717) is 5.92 Å². The van der Waals surface area contributed by atoms with E-state index in [2.05, 4.69) is 6.92 Å². The molecule has 0 aliphatic heterocycles. The Kier molecular flexibility index (Phi) is 3.53. The molecule has 2 heteroatoms. The van der Waals surface area contributed by atoms with Crippen molar-refractivity contribution >= 4 is 0 Å². The molecular formula is C10H20O2. The number of methoxy groups -OCH3 is 2. The summed E-state index contributed by atoms with van der Waals surface area (Å²) in [6, 6.07) is 0. The van der Waals surface area contributed by atoms with Crippen LogP contribution in [0.1, 0.15) is 32.6 Å². The van der Waals surface area contributed by atoms with Gasteiger partial charge >= 0.3 is 0 Å². The molecule has 1 saturated carbocycles. The first-order chi connectivity index (χ1) is 5.75. The van der Waals surface area contributed by atoms with Crippen LogP contribution in [0.3, 0.4) is 0 Å². The van der Waals surface area contributed by atoms with Gasteiger partial charge in [0.2, 0.25) is 0 Å². The van der Waals surface area contributed by atoms with Gasteiger partial charge in [0.25, 0.3) is 0 Å². The van der Waals surface area contributed by atoms with Gasteiger partial charge in [-0.25, -0.2) is 0 Å². The molecule has 1 rings (SSSR count). The molecule has 0 aromatic heterocycles. The zero-order valence-corrected chi connectivity index (χ0v) is 8.43. The maximum Gasteiger partial charge on any atom is 0.0936 e. The minimum absolute atomic E-state index is 0.00694. The van der Waals surface area contributed by atoms with Crippen LogP contribution in [-0.4, -0.2) is 26.4 Å². The van der Waals surface area contributed by atoms with E-state index in [1.165, 1.54) is 19.3 Å². The Hall–Kier alpha value is -0.0800. The van der Waals surface area contributed by atoms with E-state index in [0.717, 1.165) is 13.0 Å². The average molecular weight is 172 g/mol. The van der Waals surface area contributed by atoms with Crippen molar-refractivity contribution < 1.29 is 9.47 Å². The van der Waals surface area contributed by atoms with Crippen LogP contribution >= 0.6 is 0 Å². The summed E-state index contributed by atoms with van der Waals surface area (Å²) in [5, 5.41) is 0. The molecule has 1 aliphatic carbocycles. The second kappa shape index (κ2) is 4.24. The first-order valence-electron chi connectivity index (χ1n) is 4.79. The monoisotopic (exact) mass is 172 g/mol. The van der Waals surface area contributed by atoms with Gasteiger partial charge < -0.3 is 9.47 Å². The molecule has 2 unspecified atom stereocenters. The molecule has 0 aromatic rings. The molecular weight excluding hydrogens is 152 g/mol. The molecule has 1 aliphatic rings. The predicted octanol–water partition coefficient (Wildman–Crippen LogP) is 2.23. The van der Waals surface area contributed by atoms with Crippen molar-refractivity contribution in [3.8, 4) is 0 Å². The molecule has 0 N–H and O–H groups in total. The first-order valence-corrected chi connectivity index (χ1v) is 4.79. The molecule has 0 spiro atoms. The lowest BCUT2D eigenvalue weighted by Gasteiger charge is -2.40. The van der Waals surface area contributed by atoms with Crippen LogP contribution in [0, 0.1) is 5.92 Å². The highest BCUT2D eigenvalue weighted by Crippen LogP contribution is 2.36. The molecule has 1 fully saturated rings. The minimum atomic E-state index is 0.00694. The lowest BCUT2D eigenvalue weighted by atomic mass is 9.77. The van der Waals surface area contributed by atoms with Gasteiger partial charge in [-0.2, -0.15) is 0 Å². The molecule has 12 heavy (non-hydrogen) atoms. The molecule has 0 heterocycles. The molecule has 0 bridgehead atoms. The van der Waals surface area contributed by atoms with Gasteiger partial charge in [0.1, 0.15) is 0 Å². The Balaban J connectivity index is 2.60. The maximum absolute atomic E-state index is 5.61. The third kappa shape index (κ3) is 1.80. The fraction of sp³-hybridized carbons (Fsp3) is 1.00. The third-order valence-electron chi connectivity index (χ3n) is 3.18. The summed E-state index contributed by atoms with van der Waals surface area (Å²) in [6.45, 7) is 3.01. The fourth-order valence-electron chi connectivity index (χ4n) is 2.21. The van der Waals surface area contributed by atoms with Gasteiger partial charge in [0.05, 0.1) is 12.2 Å². The molecule has 72 valence electrons. The second-order valence-electron chi connectivity index (χ2n) is 3.85. The van der Waals surface area contributed by atoms with Crippen LogP contribution in [0.25, 0.3) is 0 Å². The maximum atomic E-state index is 5.61.